The molecule has 1 aromatic rings. The van der Waals surface area contributed by atoms with Crippen molar-refractivity contribution >= 4 is 5.91 Å². The fourth-order valence-electron chi connectivity index (χ4n) is 2.95. The third kappa shape index (κ3) is 2.63. The lowest BCUT2D eigenvalue weighted by atomic mass is 10.0. The average molecular weight is 264 g/mol. The summed E-state index contributed by atoms with van der Waals surface area (Å²) < 4.78 is 7.56. The molecule has 0 radical (unpaired) electrons. The molecule has 0 aromatic carbocycles. The van der Waals surface area contributed by atoms with Crippen molar-refractivity contribution < 1.29 is 9.53 Å². The average Bonchev–Trinajstić information content (AvgIpc) is 3.09. The van der Waals surface area contributed by atoms with Crippen LogP contribution in [0.15, 0.2) is 12.4 Å². The van der Waals surface area contributed by atoms with Crippen molar-refractivity contribution in [3.8, 4) is 0 Å². The molecule has 6 heteroatoms. The highest BCUT2D eigenvalue weighted by atomic mass is 16.5. The largest absolute Gasteiger partial charge is 0.365 e. The summed E-state index contributed by atoms with van der Waals surface area (Å²) in [5.74, 6) is 0.168. The number of carbonyl (C=O) groups is 1. The van der Waals surface area contributed by atoms with E-state index < -0.39 is 0 Å². The van der Waals surface area contributed by atoms with E-state index in [1.165, 1.54) is 0 Å². The van der Waals surface area contributed by atoms with Gasteiger partial charge in [0.1, 0.15) is 6.10 Å². The van der Waals surface area contributed by atoms with Crippen molar-refractivity contribution in [1.29, 1.82) is 0 Å². The highest BCUT2D eigenvalue weighted by Crippen LogP contribution is 2.25. The Kier molecular flexibility index (Phi) is 3.50. The van der Waals surface area contributed by atoms with E-state index in [1.807, 2.05) is 22.7 Å². The molecule has 2 atom stereocenters. The number of hydrogen-bond acceptors (Lipinski definition) is 4. The molecule has 6 nitrogen and oxygen atoms in total. The number of piperidine rings is 1. The molecule has 0 saturated carbocycles. The van der Waals surface area contributed by atoms with Crippen molar-refractivity contribution in [2.45, 2.75) is 50.9 Å². The van der Waals surface area contributed by atoms with Gasteiger partial charge in [0.25, 0.3) is 5.91 Å². The molecule has 2 saturated heterocycles. The lowest BCUT2D eigenvalue weighted by Crippen LogP contribution is -2.44. The number of aromatic nitrogens is 3. The molecule has 0 N–H and O–H groups in total. The molecule has 0 spiro atoms. The Morgan fingerprint density at radius 2 is 2.05 bits per heavy atom. The van der Waals surface area contributed by atoms with E-state index in [0.29, 0.717) is 6.04 Å². The summed E-state index contributed by atoms with van der Waals surface area (Å²) in [6, 6.07) is 0.370. The Morgan fingerprint density at radius 1 is 1.26 bits per heavy atom. The standard InChI is InChI=1S/C13H20N4O2/c1-10-2-3-12(19-10)13(18)16-7-4-11(5-8-16)17-9-6-14-15-17/h6,9-12H,2-5,7-8H2,1H3/t10-,12-/m1/s1. The second-order valence-corrected chi connectivity index (χ2v) is 5.45. The Morgan fingerprint density at radius 3 is 2.63 bits per heavy atom. The van der Waals surface area contributed by atoms with Crippen LogP contribution in [0.5, 0.6) is 0 Å². The Labute approximate surface area is 112 Å². The van der Waals surface area contributed by atoms with Gasteiger partial charge in [-0.2, -0.15) is 0 Å². The molecule has 1 amide bonds. The highest BCUT2D eigenvalue weighted by Gasteiger charge is 2.33. The van der Waals surface area contributed by atoms with Crippen LogP contribution in [0, 0.1) is 0 Å². The highest BCUT2D eigenvalue weighted by molar-refractivity contribution is 5.81. The summed E-state index contributed by atoms with van der Waals surface area (Å²) in [4.78, 5) is 14.2. The van der Waals surface area contributed by atoms with Crippen LogP contribution < -0.4 is 0 Å². The molecule has 2 aliphatic heterocycles. The Bertz CT molecular complexity index is 426. The molecule has 0 unspecified atom stereocenters. The number of ether oxygens (including phenoxy) is 1. The lowest BCUT2D eigenvalue weighted by Gasteiger charge is -2.33. The zero-order chi connectivity index (χ0) is 13.2. The van der Waals surface area contributed by atoms with Crippen LogP contribution in [0.1, 0.15) is 38.6 Å². The van der Waals surface area contributed by atoms with Gasteiger partial charge in [0, 0.05) is 19.3 Å². The maximum atomic E-state index is 12.3. The molecule has 3 heterocycles. The quantitative estimate of drug-likeness (QED) is 0.800. The summed E-state index contributed by atoms with van der Waals surface area (Å²) in [7, 11) is 0. The number of likely N-dealkylation sites (tertiary alicyclic amines) is 1. The van der Waals surface area contributed by atoms with E-state index in [4.69, 9.17) is 4.74 Å². The van der Waals surface area contributed by atoms with Crippen LogP contribution in [0.2, 0.25) is 0 Å². The van der Waals surface area contributed by atoms with Crippen molar-refractivity contribution in [1.82, 2.24) is 19.9 Å². The van der Waals surface area contributed by atoms with Crippen molar-refractivity contribution in [2.24, 2.45) is 0 Å². The van der Waals surface area contributed by atoms with Gasteiger partial charge in [-0.3, -0.25) is 4.79 Å². The van der Waals surface area contributed by atoms with Gasteiger partial charge in [-0.25, -0.2) is 4.68 Å². The van der Waals surface area contributed by atoms with Crippen molar-refractivity contribution in [3.63, 3.8) is 0 Å². The van der Waals surface area contributed by atoms with E-state index in [-0.39, 0.29) is 18.1 Å². The fourth-order valence-corrected chi connectivity index (χ4v) is 2.95. The van der Waals surface area contributed by atoms with Gasteiger partial charge in [0.2, 0.25) is 0 Å². The monoisotopic (exact) mass is 264 g/mol. The summed E-state index contributed by atoms with van der Waals surface area (Å²) in [6.45, 7) is 3.61. The molecule has 2 fully saturated rings. The maximum Gasteiger partial charge on any atom is 0.251 e. The third-order valence-corrected chi connectivity index (χ3v) is 4.10. The second kappa shape index (κ2) is 5.28. The van der Waals surface area contributed by atoms with E-state index in [1.54, 1.807) is 6.20 Å². The van der Waals surface area contributed by atoms with E-state index in [2.05, 4.69) is 10.3 Å². The number of hydrogen-bond donors (Lipinski definition) is 0. The van der Waals surface area contributed by atoms with Crippen LogP contribution >= 0.6 is 0 Å². The van der Waals surface area contributed by atoms with Gasteiger partial charge < -0.3 is 9.64 Å². The maximum absolute atomic E-state index is 12.3. The van der Waals surface area contributed by atoms with Crippen molar-refractivity contribution in [2.75, 3.05) is 13.1 Å². The zero-order valence-corrected chi connectivity index (χ0v) is 11.2. The molecule has 104 valence electrons. The smallest absolute Gasteiger partial charge is 0.251 e. The summed E-state index contributed by atoms with van der Waals surface area (Å²) >= 11 is 0. The molecule has 0 aliphatic carbocycles. The first-order chi connectivity index (χ1) is 9.24. The van der Waals surface area contributed by atoms with Crippen LogP contribution in [-0.2, 0) is 9.53 Å². The number of amides is 1. The predicted octanol–water partition coefficient (Wildman–Crippen LogP) is 1.01. The first-order valence-corrected chi connectivity index (χ1v) is 7.04. The summed E-state index contributed by atoms with van der Waals surface area (Å²) in [5.41, 5.74) is 0. The first-order valence-electron chi connectivity index (χ1n) is 7.04. The van der Waals surface area contributed by atoms with E-state index >= 15 is 0 Å². The lowest BCUT2D eigenvalue weighted by molar-refractivity contribution is -0.144. The van der Waals surface area contributed by atoms with Crippen LogP contribution in [-0.4, -0.2) is 51.1 Å². The zero-order valence-electron chi connectivity index (χ0n) is 11.2. The Balaban J connectivity index is 1.54. The number of nitrogens with zero attached hydrogens (tertiary/aromatic N) is 4. The summed E-state index contributed by atoms with van der Waals surface area (Å²) in [6.07, 6.45) is 7.35. The normalized spacial score (nSPS) is 28.8. The molecular weight excluding hydrogens is 244 g/mol. The van der Waals surface area contributed by atoms with Crippen LogP contribution in [0.4, 0.5) is 0 Å². The van der Waals surface area contributed by atoms with Gasteiger partial charge >= 0.3 is 0 Å². The Hall–Kier alpha value is -1.43. The van der Waals surface area contributed by atoms with Gasteiger partial charge in [-0.05, 0) is 32.6 Å². The third-order valence-electron chi connectivity index (χ3n) is 4.10. The minimum atomic E-state index is -0.210. The molecule has 2 aliphatic rings. The molecule has 3 rings (SSSR count). The van der Waals surface area contributed by atoms with Crippen molar-refractivity contribution in [3.05, 3.63) is 12.4 Å². The minimum absolute atomic E-state index is 0.168. The fraction of sp³-hybridized carbons (Fsp3) is 0.769. The van der Waals surface area contributed by atoms with Gasteiger partial charge in [0.15, 0.2) is 0 Å². The predicted molar refractivity (Wildman–Crippen MR) is 68.4 cm³/mol. The van der Waals surface area contributed by atoms with E-state index in [0.717, 1.165) is 38.8 Å². The SMILES string of the molecule is C[C@@H]1CC[C@H](C(=O)N2CCC(n3ccnn3)CC2)O1. The van der Waals surface area contributed by atoms with Gasteiger partial charge in [-0.1, -0.05) is 5.21 Å². The summed E-state index contributed by atoms with van der Waals surface area (Å²) in [5, 5.41) is 7.87. The molecule has 19 heavy (non-hydrogen) atoms. The second-order valence-electron chi connectivity index (χ2n) is 5.45. The topological polar surface area (TPSA) is 60.2 Å². The van der Waals surface area contributed by atoms with Crippen LogP contribution in [0.3, 0.4) is 0 Å². The number of rotatable bonds is 2. The van der Waals surface area contributed by atoms with Gasteiger partial charge in [-0.15, -0.1) is 5.10 Å². The minimum Gasteiger partial charge on any atom is -0.365 e. The van der Waals surface area contributed by atoms with E-state index in [9.17, 15) is 4.79 Å². The molecule has 0 bridgehead atoms. The first kappa shape index (κ1) is 12.6. The number of carbonyl (C=O) groups excluding carboxylic acids is 1. The van der Waals surface area contributed by atoms with Crippen LogP contribution in [0.25, 0.3) is 0 Å². The van der Waals surface area contributed by atoms with Gasteiger partial charge in [0.05, 0.1) is 18.3 Å². The molecular formula is C13H20N4O2. The molecule has 1 aromatic heterocycles.